The fraction of sp³-hybridized carbons (Fsp3) is 0.133. The SMILES string of the molecule is COc1cc(CO)c(Nc2ccccc2C(=O)O)cc1Cl. The van der Waals surface area contributed by atoms with E-state index in [1.54, 1.807) is 30.3 Å². The van der Waals surface area contributed by atoms with Crippen LogP contribution in [0.5, 0.6) is 5.75 Å². The lowest BCUT2D eigenvalue weighted by Crippen LogP contribution is -2.04. The number of carboxylic acid groups (broad SMARTS) is 1. The summed E-state index contributed by atoms with van der Waals surface area (Å²) in [5.41, 5.74) is 1.63. The predicted octanol–water partition coefficient (Wildman–Crippen LogP) is 3.28. The Labute approximate surface area is 126 Å². The van der Waals surface area contributed by atoms with E-state index < -0.39 is 5.97 Å². The summed E-state index contributed by atoms with van der Waals surface area (Å²) in [6.07, 6.45) is 0. The first-order valence-electron chi connectivity index (χ1n) is 6.13. The highest BCUT2D eigenvalue weighted by Gasteiger charge is 2.13. The maximum Gasteiger partial charge on any atom is 0.337 e. The van der Waals surface area contributed by atoms with Gasteiger partial charge in [-0.25, -0.2) is 4.79 Å². The number of rotatable bonds is 5. The van der Waals surface area contributed by atoms with Crippen molar-refractivity contribution in [2.45, 2.75) is 6.61 Å². The van der Waals surface area contributed by atoms with Crippen LogP contribution in [0.1, 0.15) is 15.9 Å². The molecule has 0 aliphatic carbocycles. The van der Waals surface area contributed by atoms with E-state index in [9.17, 15) is 15.0 Å². The molecule has 0 atom stereocenters. The Bertz CT molecular complexity index is 673. The van der Waals surface area contributed by atoms with Gasteiger partial charge in [0.05, 0.1) is 30.0 Å². The molecule has 0 bridgehead atoms. The molecule has 0 amide bonds. The number of anilines is 2. The Hall–Kier alpha value is -2.24. The summed E-state index contributed by atoms with van der Waals surface area (Å²) in [5.74, 6) is -0.596. The highest BCUT2D eigenvalue weighted by Crippen LogP contribution is 2.33. The molecule has 21 heavy (non-hydrogen) atoms. The van der Waals surface area contributed by atoms with E-state index in [0.29, 0.717) is 27.7 Å². The van der Waals surface area contributed by atoms with Crippen molar-refractivity contribution < 1.29 is 19.7 Å². The number of carbonyl (C=O) groups is 1. The molecule has 0 unspecified atom stereocenters. The van der Waals surface area contributed by atoms with Crippen LogP contribution in [0, 0.1) is 0 Å². The molecule has 0 radical (unpaired) electrons. The molecule has 2 aromatic carbocycles. The number of aliphatic hydroxyl groups is 1. The summed E-state index contributed by atoms with van der Waals surface area (Å²) >= 11 is 6.06. The van der Waals surface area contributed by atoms with E-state index in [0.717, 1.165) is 0 Å². The van der Waals surface area contributed by atoms with E-state index in [4.69, 9.17) is 16.3 Å². The predicted molar refractivity (Wildman–Crippen MR) is 80.6 cm³/mol. The minimum atomic E-state index is -1.04. The fourth-order valence-corrected chi connectivity index (χ4v) is 2.16. The molecule has 2 aromatic rings. The molecule has 2 rings (SSSR count). The zero-order valence-corrected chi connectivity index (χ0v) is 12.0. The van der Waals surface area contributed by atoms with Crippen molar-refractivity contribution in [1.29, 1.82) is 0 Å². The summed E-state index contributed by atoms with van der Waals surface area (Å²) in [5, 5.41) is 22.0. The van der Waals surface area contributed by atoms with E-state index in [-0.39, 0.29) is 12.2 Å². The Morgan fingerprint density at radius 2 is 2.00 bits per heavy atom. The third-order valence-electron chi connectivity index (χ3n) is 2.97. The van der Waals surface area contributed by atoms with E-state index in [2.05, 4.69) is 5.32 Å². The van der Waals surface area contributed by atoms with Gasteiger partial charge in [0.25, 0.3) is 0 Å². The van der Waals surface area contributed by atoms with Gasteiger partial charge in [-0.15, -0.1) is 0 Å². The van der Waals surface area contributed by atoms with Gasteiger partial charge in [0.15, 0.2) is 0 Å². The van der Waals surface area contributed by atoms with Crippen molar-refractivity contribution in [2.24, 2.45) is 0 Å². The van der Waals surface area contributed by atoms with Gasteiger partial charge in [-0.2, -0.15) is 0 Å². The zero-order chi connectivity index (χ0) is 15.4. The third kappa shape index (κ3) is 3.26. The molecule has 3 N–H and O–H groups in total. The molecule has 0 saturated heterocycles. The number of aromatic carboxylic acids is 1. The van der Waals surface area contributed by atoms with Crippen LogP contribution in [0.3, 0.4) is 0 Å². The van der Waals surface area contributed by atoms with Crippen molar-refractivity contribution in [3.05, 3.63) is 52.5 Å². The number of hydrogen-bond donors (Lipinski definition) is 3. The van der Waals surface area contributed by atoms with Crippen LogP contribution >= 0.6 is 11.6 Å². The maximum atomic E-state index is 11.2. The summed E-state index contributed by atoms with van der Waals surface area (Å²) < 4.78 is 5.09. The van der Waals surface area contributed by atoms with E-state index in [1.807, 2.05) is 0 Å². The van der Waals surface area contributed by atoms with Gasteiger partial charge < -0.3 is 20.3 Å². The van der Waals surface area contributed by atoms with E-state index in [1.165, 1.54) is 13.2 Å². The summed E-state index contributed by atoms with van der Waals surface area (Å²) in [4.78, 5) is 11.2. The number of halogens is 1. The Balaban J connectivity index is 2.44. The van der Waals surface area contributed by atoms with E-state index >= 15 is 0 Å². The number of nitrogens with one attached hydrogen (secondary N) is 1. The molecule has 0 saturated carbocycles. The summed E-state index contributed by atoms with van der Waals surface area (Å²) in [6.45, 7) is -0.231. The number of benzene rings is 2. The highest BCUT2D eigenvalue weighted by atomic mass is 35.5. The van der Waals surface area contributed by atoms with Crippen molar-refractivity contribution in [3.63, 3.8) is 0 Å². The number of aliphatic hydroxyl groups excluding tert-OH is 1. The average Bonchev–Trinajstić information content (AvgIpc) is 2.48. The van der Waals surface area contributed by atoms with Crippen molar-refractivity contribution >= 4 is 28.9 Å². The lowest BCUT2D eigenvalue weighted by Gasteiger charge is -2.15. The van der Waals surface area contributed by atoms with Crippen LogP contribution in [0.15, 0.2) is 36.4 Å². The number of para-hydroxylation sites is 1. The second-order valence-corrected chi connectivity index (χ2v) is 4.68. The largest absolute Gasteiger partial charge is 0.495 e. The van der Waals surface area contributed by atoms with Crippen molar-refractivity contribution in [1.82, 2.24) is 0 Å². The topological polar surface area (TPSA) is 78.8 Å². The molecule has 0 aliphatic rings. The van der Waals surface area contributed by atoms with Gasteiger partial charge in [0.1, 0.15) is 5.75 Å². The standard InChI is InChI=1S/C15H14ClNO4/c1-21-14-6-9(8-18)13(7-11(14)16)17-12-5-3-2-4-10(12)15(19)20/h2-7,17-18H,8H2,1H3,(H,19,20). The van der Waals surface area contributed by atoms with Crippen LogP contribution in [-0.4, -0.2) is 23.3 Å². The Morgan fingerprint density at radius 1 is 1.29 bits per heavy atom. The first-order valence-corrected chi connectivity index (χ1v) is 6.51. The van der Waals surface area contributed by atoms with Crippen molar-refractivity contribution in [2.75, 3.05) is 12.4 Å². The van der Waals surface area contributed by atoms with Gasteiger partial charge in [-0.05, 0) is 24.3 Å². The fourth-order valence-electron chi connectivity index (χ4n) is 1.92. The van der Waals surface area contributed by atoms with Gasteiger partial charge in [-0.3, -0.25) is 0 Å². The molecule has 0 heterocycles. The average molecular weight is 308 g/mol. The number of hydrogen-bond acceptors (Lipinski definition) is 4. The molecule has 0 aromatic heterocycles. The van der Waals surface area contributed by atoms with Crippen LogP contribution in [0.25, 0.3) is 0 Å². The first kappa shape index (κ1) is 15.2. The molecule has 0 spiro atoms. The zero-order valence-electron chi connectivity index (χ0n) is 11.3. The minimum absolute atomic E-state index is 0.133. The number of methoxy groups -OCH3 is 1. The highest BCUT2D eigenvalue weighted by molar-refractivity contribution is 6.32. The van der Waals surface area contributed by atoms with Crippen molar-refractivity contribution in [3.8, 4) is 5.75 Å². The molecule has 5 nitrogen and oxygen atoms in total. The van der Waals surface area contributed by atoms with Gasteiger partial charge in [-0.1, -0.05) is 23.7 Å². The first-order chi connectivity index (χ1) is 10.1. The summed E-state index contributed by atoms with van der Waals surface area (Å²) in [6, 6.07) is 9.69. The molecular formula is C15H14ClNO4. The number of carboxylic acids is 1. The van der Waals surface area contributed by atoms with Gasteiger partial charge >= 0.3 is 5.97 Å². The smallest absolute Gasteiger partial charge is 0.337 e. The van der Waals surface area contributed by atoms with Gasteiger partial charge in [0, 0.05) is 11.3 Å². The molecule has 0 fully saturated rings. The molecule has 6 heteroatoms. The minimum Gasteiger partial charge on any atom is -0.495 e. The lowest BCUT2D eigenvalue weighted by molar-refractivity contribution is 0.0698. The second kappa shape index (κ2) is 6.47. The normalized spacial score (nSPS) is 10.2. The van der Waals surface area contributed by atoms with Crippen LogP contribution in [0.2, 0.25) is 5.02 Å². The summed E-state index contributed by atoms with van der Waals surface area (Å²) in [7, 11) is 1.48. The monoisotopic (exact) mass is 307 g/mol. The lowest BCUT2D eigenvalue weighted by atomic mass is 10.1. The third-order valence-corrected chi connectivity index (χ3v) is 3.27. The van der Waals surface area contributed by atoms with Crippen LogP contribution in [-0.2, 0) is 6.61 Å². The van der Waals surface area contributed by atoms with Crippen LogP contribution in [0.4, 0.5) is 11.4 Å². The molecule has 0 aliphatic heterocycles. The maximum absolute atomic E-state index is 11.2. The Kier molecular flexibility index (Phi) is 4.67. The Morgan fingerprint density at radius 3 is 2.62 bits per heavy atom. The van der Waals surface area contributed by atoms with Gasteiger partial charge in [0.2, 0.25) is 0 Å². The quantitative estimate of drug-likeness (QED) is 0.790. The second-order valence-electron chi connectivity index (χ2n) is 4.28. The van der Waals surface area contributed by atoms with Crippen LogP contribution < -0.4 is 10.1 Å². The molecular weight excluding hydrogens is 294 g/mol. The number of ether oxygens (including phenoxy) is 1. The molecule has 110 valence electrons.